The molecule has 0 aliphatic rings. The Morgan fingerprint density at radius 1 is 1.69 bits per heavy atom. The summed E-state index contributed by atoms with van der Waals surface area (Å²) in [7, 11) is 1.57. The zero-order chi connectivity index (χ0) is 12.8. The molecule has 1 amide bonds. The van der Waals surface area contributed by atoms with Crippen molar-refractivity contribution in [1.29, 1.82) is 0 Å². The molecule has 0 spiro atoms. The number of carbonyl (C=O) groups is 1. The third kappa shape index (κ3) is 3.37. The summed E-state index contributed by atoms with van der Waals surface area (Å²) in [5, 5.41) is 14.2. The average molecular weight is 231 g/mol. The van der Waals surface area contributed by atoms with Crippen LogP contribution < -0.4 is 11.1 Å². The van der Waals surface area contributed by atoms with Crippen LogP contribution in [0, 0.1) is 5.41 Å². The Bertz CT molecular complexity index is 268. The molecule has 0 saturated heterocycles. The Labute approximate surface area is 95.8 Å². The third-order valence-corrected chi connectivity index (χ3v) is 2.83. The highest BCUT2D eigenvalue weighted by Gasteiger charge is 2.36. The van der Waals surface area contributed by atoms with Crippen LogP contribution in [0.15, 0.2) is 5.16 Å². The van der Waals surface area contributed by atoms with Crippen molar-refractivity contribution in [1.82, 2.24) is 5.32 Å². The van der Waals surface area contributed by atoms with Gasteiger partial charge in [0.2, 0.25) is 5.91 Å². The molecule has 0 bridgehead atoms. The number of amides is 1. The van der Waals surface area contributed by atoms with Gasteiger partial charge in [0.1, 0.15) is 5.41 Å². The minimum Gasteiger partial charge on any atom is -0.409 e. The van der Waals surface area contributed by atoms with Crippen LogP contribution in [0.25, 0.3) is 0 Å². The van der Waals surface area contributed by atoms with Gasteiger partial charge in [-0.15, -0.1) is 0 Å². The molecule has 0 rings (SSSR count). The normalized spacial score (nSPS) is 17.6. The van der Waals surface area contributed by atoms with Crippen molar-refractivity contribution < 1.29 is 14.7 Å². The average Bonchev–Trinajstić information content (AvgIpc) is 2.32. The number of nitrogens with zero attached hydrogens (tertiary/aromatic N) is 1. The van der Waals surface area contributed by atoms with Crippen LogP contribution in [-0.2, 0) is 9.53 Å². The second-order valence-corrected chi connectivity index (χ2v) is 3.93. The number of hydrogen-bond donors (Lipinski definition) is 3. The lowest BCUT2D eigenvalue weighted by atomic mass is 9.85. The molecule has 2 unspecified atom stereocenters. The summed E-state index contributed by atoms with van der Waals surface area (Å²) >= 11 is 0. The van der Waals surface area contributed by atoms with Crippen LogP contribution in [0.2, 0.25) is 0 Å². The van der Waals surface area contributed by atoms with E-state index < -0.39 is 5.41 Å². The Kier molecular flexibility index (Phi) is 5.81. The molecule has 0 heterocycles. The molecule has 4 N–H and O–H groups in total. The molecule has 0 aromatic carbocycles. The Morgan fingerprint density at radius 2 is 2.25 bits per heavy atom. The van der Waals surface area contributed by atoms with E-state index in [1.807, 2.05) is 6.92 Å². The number of hydrogen-bond acceptors (Lipinski definition) is 4. The number of carbonyl (C=O) groups excluding carboxylic acids is 1. The first-order valence-electron chi connectivity index (χ1n) is 5.21. The van der Waals surface area contributed by atoms with Gasteiger partial charge >= 0.3 is 0 Å². The third-order valence-electron chi connectivity index (χ3n) is 2.83. The summed E-state index contributed by atoms with van der Waals surface area (Å²) in [6.45, 7) is 5.67. The fourth-order valence-corrected chi connectivity index (χ4v) is 1.08. The van der Waals surface area contributed by atoms with Gasteiger partial charge in [0.25, 0.3) is 0 Å². The van der Waals surface area contributed by atoms with E-state index in [0.29, 0.717) is 13.0 Å². The minimum atomic E-state index is -0.984. The number of methoxy groups -OCH3 is 1. The smallest absolute Gasteiger partial charge is 0.233 e. The van der Waals surface area contributed by atoms with Gasteiger partial charge in [0, 0.05) is 13.7 Å². The van der Waals surface area contributed by atoms with E-state index in [0.717, 1.165) is 0 Å². The fourth-order valence-electron chi connectivity index (χ4n) is 1.08. The van der Waals surface area contributed by atoms with E-state index in [4.69, 9.17) is 15.7 Å². The number of oxime groups is 1. The lowest BCUT2D eigenvalue weighted by Gasteiger charge is -2.25. The monoisotopic (exact) mass is 231 g/mol. The SMILES string of the molecule is CCC(C)(C(=O)NCC(C)OC)C(N)=NO. The second-order valence-electron chi connectivity index (χ2n) is 3.93. The molecule has 6 nitrogen and oxygen atoms in total. The number of nitrogens with one attached hydrogen (secondary N) is 1. The van der Waals surface area contributed by atoms with Crippen LogP contribution in [0.4, 0.5) is 0 Å². The molecule has 2 atom stereocenters. The van der Waals surface area contributed by atoms with E-state index >= 15 is 0 Å². The van der Waals surface area contributed by atoms with Crippen molar-refractivity contribution in [2.24, 2.45) is 16.3 Å². The number of amidine groups is 1. The van der Waals surface area contributed by atoms with Gasteiger partial charge in [-0.3, -0.25) is 4.79 Å². The predicted molar refractivity (Wildman–Crippen MR) is 61.3 cm³/mol. The van der Waals surface area contributed by atoms with Gasteiger partial charge in [-0.2, -0.15) is 0 Å². The first kappa shape index (κ1) is 14.7. The molecule has 16 heavy (non-hydrogen) atoms. The first-order chi connectivity index (χ1) is 7.42. The molecule has 6 heteroatoms. The Morgan fingerprint density at radius 3 is 2.62 bits per heavy atom. The van der Waals surface area contributed by atoms with E-state index in [2.05, 4.69) is 10.5 Å². The van der Waals surface area contributed by atoms with Crippen LogP contribution in [0.3, 0.4) is 0 Å². The summed E-state index contributed by atoms with van der Waals surface area (Å²) in [5.74, 6) is -0.355. The minimum absolute atomic E-state index is 0.0719. The largest absolute Gasteiger partial charge is 0.409 e. The predicted octanol–water partition coefficient (Wildman–Crippen LogP) is 0.300. The van der Waals surface area contributed by atoms with Gasteiger partial charge in [0.15, 0.2) is 5.84 Å². The van der Waals surface area contributed by atoms with Crippen molar-refractivity contribution >= 4 is 11.7 Å². The van der Waals surface area contributed by atoms with Crippen molar-refractivity contribution in [3.05, 3.63) is 0 Å². The number of nitrogens with two attached hydrogens (primary N) is 1. The maximum atomic E-state index is 11.9. The van der Waals surface area contributed by atoms with Gasteiger partial charge in [0.05, 0.1) is 6.10 Å². The second kappa shape index (κ2) is 6.32. The number of rotatable bonds is 6. The zero-order valence-electron chi connectivity index (χ0n) is 10.3. The summed E-state index contributed by atoms with van der Waals surface area (Å²) in [5.41, 5.74) is 4.53. The molecule has 94 valence electrons. The summed E-state index contributed by atoms with van der Waals surface area (Å²) in [6.07, 6.45) is 0.383. The molecular formula is C10H21N3O3. The molecule has 0 saturated carbocycles. The van der Waals surface area contributed by atoms with Gasteiger partial charge in [-0.1, -0.05) is 12.1 Å². The fraction of sp³-hybridized carbons (Fsp3) is 0.800. The highest BCUT2D eigenvalue weighted by atomic mass is 16.5. The summed E-state index contributed by atoms with van der Waals surface area (Å²) < 4.78 is 5.01. The summed E-state index contributed by atoms with van der Waals surface area (Å²) in [4.78, 5) is 11.9. The van der Waals surface area contributed by atoms with E-state index in [9.17, 15) is 4.79 Å². The molecule has 0 radical (unpaired) electrons. The lowest BCUT2D eigenvalue weighted by molar-refractivity contribution is -0.127. The molecule has 0 fully saturated rings. The highest BCUT2D eigenvalue weighted by molar-refractivity contribution is 6.06. The molecule has 0 aromatic heterocycles. The molecule has 0 aliphatic carbocycles. The van der Waals surface area contributed by atoms with E-state index in [-0.39, 0.29) is 17.8 Å². The lowest BCUT2D eigenvalue weighted by Crippen LogP contribution is -2.49. The molecule has 0 aliphatic heterocycles. The van der Waals surface area contributed by atoms with Gasteiger partial charge in [-0.05, 0) is 20.3 Å². The van der Waals surface area contributed by atoms with Crippen molar-refractivity contribution in [2.45, 2.75) is 33.3 Å². The quantitative estimate of drug-likeness (QED) is 0.265. The maximum absolute atomic E-state index is 11.9. The van der Waals surface area contributed by atoms with E-state index in [1.54, 1.807) is 21.0 Å². The standard InChI is InChI=1S/C10H21N3O3/c1-5-10(3,8(11)13-15)9(14)12-6-7(2)16-4/h7,15H,5-6H2,1-4H3,(H2,11,13)(H,12,14). The van der Waals surface area contributed by atoms with Crippen molar-refractivity contribution in [3.63, 3.8) is 0 Å². The maximum Gasteiger partial charge on any atom is 0.233 e. The van der Waals surface area contributed by atoms with Crippen LogP contribution in [-0.4, -0.2) is 36.7 Å². The first-order valence-corrected chi connectivity index (χ1v) is 5.21. The van der Waals surface area contributed by atoms with Crippen molar-refractivity contribution in [2.75, 3.05) is 13.7 Å². The summed E-state index contributed by atoms with van der Waals surface area (Å²) in [6, 6.07) is 0. The zero-order valence-corrected chi connectivity index (χ0v) is 10.3. The molecule has 0 aromatic rings. The Balaban J connectivity index is 4.55. The highest BCUT2D eigenvalue weighted by Crippen LogP contribution is 2.21. The van der Waals surface area contributed by atoms with E-state index in [1.165, 1.54) is 0 Å². The van der Waals surface area contributed by atoms with Gasteiger partial charge in [-0.25, -0.2) is 0 Å². The van der Waals surface area contributed by atoms with Crippen LogP contribution in [0.1, 0.15) is 27.2 Å². The van der Waals surface area contributed by atoms with Gasteiger partial charge < -0.3 is 21.0 Å². The topological polar surface area (TPSA) is 96.9 Å². The van der Waals surface area contributed by atoms with Crippen LogP contribution in [0.5, 0.6) is 0 Å². The van der Waals surface area contributed by atoms with Crippen LogP contribution >= 0.6 is 0 Å². The Hall–Kier alpha value is -1.30. The van der Waals surface area contributed by atoms with Crippen molar-refractivity contribution in [3.8, 4) is 0 Å². The number of ether oxygens (including phenoxy) is 1. The molecular weight excluding hydrogens is 210 g/mol.